The molecule has 0 spiro atoms. The summed E-state index contributed by atoms with van der Waals surface area (Å²) >= 11 is 0. The van der Waals surface area contributed by atoms with Crippen LogP contribution in [0.2, 0.25) is 0 Å². The fraction of sp³-hybridized carbons (Fsp3) is 0.529. The molecule has 1 aromatic carbocycles. The lowest BCUT2D eigenvalue weighted by atomic mass is 9.87. The van der Waals surface area contributed by atoms with Crippen molar-refractivity contribution in [1.82, 2.24) is 9.88 Å². The normalized spacial score (nSPS) is 18.2. The van der Waals surface area contributed by atoms with Crippen molar-refractivity contribution in [3.63, 3.8) is 0 Å². The van der Waals surface area contributed by atoms with Gasteiger partial charge in [0.2, 0.25) is 0 Å². The summed E-state index contributed by atoms with van der Waals surface area (Å²) in [7, 11) is 0. The first-order chi connectivity index (χ1) is 9.33. The molecule has 0 aliphatic carbocycles. The molecule has 1 fully saturated rings. The first-order valence-electron chi connectivity index (χ1n) is 7.65. The van der Waals surface area contributed by atoms with Crippen LogP contribution in [0.25, 0.3) is 10.9 Å². The second-order valence-electron chi connectivity index (χ2n) is 5.62. The Kier molecular flexibility index (Phi) is 3.61. The number of aromatic amines is 1. The zero-order chi connectivity index (χ0) is 13.2. The van der Waals surface area contributed by atoms with Crippen LogP contribution in [0.15, 0.2) is 24.3 Å². The summed E-state index contributed by atoms with van der Waals surface area (Å²) in [4.78, 5) is 6.19. The van der Waals surface area contributed by atoms with Gasteiger partial charge >= 0.3 is 0 Å². The number of para-hydroxylation sites is 1. The molecule has 0 amide bonds. The third-order valence-electron chi connectivity index (χ3n) is 4.62. The van der Waals surface area contributed by atoms with Gasteiger partial charge < -0.3 is 9.88 Å². The Hall–Kier alpha value is -1.28. The number of benzene rings is 1. The van der Waals surface area contributed by atoms with Gasteiger partial charge in [-0.1, -0.05) is 32.0 Å². The summed E-state index contributed by atoms with van der Waals surface area (Å²) in [5.41, 5.74) is 4.37. The third kappa shape index (κ3) is 2.30. The number of H-pyrrole nitrogens is 1. The number of hydrogen-bond donors (Lipinski definition) is 1. The first kappa shape index (κ1) is 12.7. The molecule has 1 aliphatic heterocycles. The van der Waals surface area contributed by atoms with Crippen LogP contribution >= 0.6 is 0 Å². The molecule has 0 bridgehead atoms. The zero-order valence-corrected chi connectivity index (χ0v) is 12.1. The van der Waals surface area contributed by atoms with Crippen LogP contribution in [-0.2, 0) is 6.42 Å². The van der Waals surface area contributed by atoms with Crippen LogP contribution in [0.3, 0.4) is 0 Å². The van der Waals surface area contributed by atoms with Crippen molar-refractivity contribution in [2.24, 2.45) is 0 Å². The highest BCUT2D eigenvalue weighted by molar-refractivity contribution is 5.85. The molecule has 2 aromatic rings. The Morgan fingerprint density at radius 1 is 1.16 bits per heavy atom. The molecule has 2 heteroatoms. The largest absolute Gasteiger partial charge is 0.358 e. The first-order valence-corrected chi connectivity index (χ1v) is 7.65. The summed E-state index contributed by atoms with van der Waals surface area (Å²) in [5.74, 6) is 0.744. The van der Waals surface area contributed by atoms with Crippen molar-refractivity contribution in [3.05, 3.63) is 35.5 Å². The SMILES string of the molecule is CCc1[nH]c2ccccc2c1C1CCN(CC)CC1. The van der Waals surface area contributed by atoms with E-state index >= 15 is 0 Å². The van der Waals surface area contributed by atoms with Gasteiger partial charge in [-0.15, -0.1) is 0 Å². The molecule has 102 valence electrons. The van der Waals surface area contributed by atoms with Crippen molar-refractivity contribution in [2.75, 3.05) is 19.6 Å². The molecular weight excluding hydrogens is 232 g/mol. The van der Waals surface area contributed by atoms with Gasteiger partial charge in [-0.2, -0.15) is 0 Å². The van der Waals surface area contributed by atoms with Crippen molar-refractivity contribution < 1.29 is 0 Å². The Bertz CT molecular complexity index is 547. The number of aromatic nitrogens is 1. The van der Waals surface area contributed by atoms with E-state index in [1.54, 1.807) is 5.56 Å². The average Bonchev–Trinajstić information content (AvgIpc) is 2.86. The minimum atomic E-state index is 0.744. The number of hydrogen-bond acceptors (Lipinski definition) is 1. The quantitative estimate of drug-likeness (QED) is 0.881. The van der Waals surface area contributed by atoms with E-state index < -0.39 is 0 Å². The van der Waals surface area contributed by atoms with Crippen molar-refractivity contribution >= 4 is 10.9 Å². The van der Waals surface area contributed by atoms with Crippen molar-refractivity contribution in [3.8, 4) is 0 Å². The van der Waals surface area contributed by atoms with E-state index in [0.29, 0.717) is 0 Å². The van der Waals surface area contributed by atoms with E-state index in [1.165, 1.54) is 49.1 Å². The fourth-order valence-electron chi connectivity index (χ4n) is 3.50. The maximum Gasteiger partial charge on any atom is 0.0459 e. The van der Waals surface area contributed by atoms with E-state index in [-0.39, 0.29) is 0 Å². The maximum atomic E-state index is 3.62. The lowest BCUT2D eigenvalue weighted by molar-refractivity contribution is 0.222. The molecule has 3 rings (SSSR count). The highest BCUT2D eigenvalue weighted by atomic mass is 15.1. The Morgan fingerprint density at radius 2 is 1.89 bits per heavy atom. The Morgan fingerprint density at radius 3 is 2.58 bits per heavy atom. The third-order valence-corrected chi connectivity index (χ3v) is 4.62. The number of fused-ring (bicyclic) bond motifs is 1. The number of likely N-dealkylation sites (tertiary alicyclic amines) is 1. The summed E-state index contributed by atoms with van der Waals surface area (Å²) in [6.07, 6.45) is 3.73. The van der Waals surface area contributed by atoms with E-state index in [1.807, 2.05) is 0 Å². The van der Waals surface area contributed by atoms with Gasteiger partial charge in [0.05, 0.1) is 0 Å². The Balaban J connectivity index is 1.95. The van der Waals surface area contributed by atoms with E-state index in [0.717, 1.165) is 12.3 Å². The molecule has 0 saturated carbocycles. The number of aryl methyl sites for hydroxylation is 1. The lowest BCUT2D eigenvalue weighted by Crippen LogP contribution is -2.32. The summed E-state index contributed by atoms with van der Waals surface area (Å²) < 4.78 is 0. The number of piperidine rings is 1. The van der Waals surface area contributed by atoms with Crippen LogP contribution < -0.4 is 0 Å². The molecule has 1 aromatic heterocycles. The number of nitrogens with one attached hydrogen (secondary N) is 1. The van der Waals surface area contributed by atoms with Crippen LogP contribution in [0.4, 0.5) is 0 Å². The van der Waals surface area contributed by atoms with Crippen LogP contribution in [-0.4, -0.2) is 29.5 Å². The number of nitrogens with zero attached hydrogens (tertiary/aromatic N) is 1. The second kappa shape index (κ2) is 5.38. The highest BCUT2D eigenvalue weighted by Crippen LogP contribution is 2.35. The predicted molar refractivity (Wildman–Crippen MR) is 81.8 cm³/mol. The van der Waals surface area contributed by atoms with Crippen molar-refractivity contribution in [1.29, 1.82) is 0 Å². The second-order valence-corrected chi connectivity index (χ2v) is 5.62. The molecule has 19 heavy (non-hydrogen) atoms. The van der Waals surface area contributed by atoms with Gasteiger partial charge in [-0.3, -0.25) is 0 Å². The van der Waals surface area contributed by atoms with Crippen LogP contribution in [0, 0.1) is 0 Å². The van der Waals surface area contributed by atoms with Gasteiger partial charge in [0.1, 0.15) is 0 Å². The molecule has 1 aliphatic rings. The van der Waals surface area contributed by atoms with Crippen LogP contribution in [0.1, 0.15) is 43.9 Å². The standard InChI is InChI=1S/C17H24N2/c1-3-15-17(13-9-11-19(4-2)12-10-13)14-7-5-6-8-16(14)18-15/h5-8,13,18H,3-4,9-12H2,1-2H3. The van der Waals surface area contributed by atoms with Gasteiger partial charge in [0, 0.05) is 16.6 Å². The predicted octanol–water partition coefficient (Wildman–Crippen LogP) is 3.93. The van der Waals surface area contributed by atoms with Crippen molar-refractivity contribution in [2.45, 2.75) is 39.0 Å². The molecule has 1 saturated heterocycles. The molecule has 0 unspecified atom stereocenters. The minimum absolute atomic E-state index is 0.744. The van der Waals surface area contributed by atoms with Gasteiger partial charge in [-0.05, 0) is 56.4 Å². The summed E-state index contributed by atoms with van der Waals surface area (Å²) in [5, 5.41) is 1.45. The van der Waals surface area contributed by atoms with Gasteiger partial charge in [0.25, 0.3) is 0 Å². The summed E-state index contributed by atoms with van der Waals surface area (Å²) in [6.45, 7) is 8.23. The van der Waals surface area contributed by atoms with Crippen LogP contribution in [0.5, 0.6) is 0 Å². The minimum Gasteiger partial charge on any atom is -0.358 e. The molecular formula is C17H24N2. The topological polar surface area (TPSA) is 19.0 Å². The lowest BCUT2D eigenvalue weighted by Gasteiger charge is -2.31. The molecule has 0 radical (unpaired) electrons. The monoisotopic (exact) mass is 256 g/mol. The molecule has 2 nitrogen and oxygen atoms in total. The number of rotatable bonds is 3. The Labute approximate surface area is 115 Å². The van der Waals surface area contributed by atoms with Gasteiger partial charge in [-0.25, -0.2) is 0 Å². The zero-order valence-electron chi connectivity index (χ0n) is 12.1. The molecule has 1 N–H and O–H groups in total. The molecule has 0 atom stereocenters. The van der Waals surface area contributed by atoms with E-state index in [2.05, 4.69) is 48.0 Å². The maximum absolute atomic E-state index is 3.62. The van der Waals surface area contributed by atoms with Gasteiger partial charge in [0.15, 0.2) is 0 Å². The van der Waals surface area contributed by atoms with E-state index in [4.69, 9.17) is 0 Å². The smallest absolute Gasteiger partial charge is 0.0459 e. The average molecular weight is 256 g/mol. The fourth-order valence-corrected chi connectivity index (χ4v) is 3.50. The molecule has 2 heterocycles. The highest BCUT2D eigenvalue weighted by Gasteiger charge is 2.24. The van der Waals surface area contributed by atoms with E-state index in [9.17, 15) is 0 Å². The summed E-state index contributed by atoms with van der Waals surface area (Å²) in [6, 6.07) is 8.79.